The average molecular weight is 247 g/mol. The highest BCUT2D eigenvalue weighted by Gasteiger charge is 2.10. The number of hydrogen-bond donors (Lipinski definition) is 1. The van der Waals surface area contributed by atoms with Gasteiger partial charge in [-0.15, -0.1) is 0 Å². The van der Waals surface area contributed by atoms with E-state index in [1.165, 1.54) is 0 Å². The van der Waals surface area contributed by atoms with Gasteiger partial charge in [-0.1, -0.05) is 13.3 Å². The molecule has 0 aliphatic rings. The maximum absolute atomic E-state index is 5.69. The Morgan fingerprint density at radius 2 is 2.11 bits per heavy atom. The van der Waals surface area contributed by atoms with Gasteiger partial charge in [0.15, 0.2) is 17.1 Å². The Morgan fingerprint density at radius 3 is 2.83 bits per heavy atom. The van der Waals surface area contributed by atoms with Crippen LogP contribution < -0.4 is 5.73 Å². The molecule has 2 aromatic heterocycles. The number of nitrogens with two attached hydrogens (primary N) is 1. The lowest BCUT2D eigenvalue weighted by Gasteiger charge is -2.11. The molecule has 0 aliphatic carbocycles. The number of aromatic nitrogens is 2. The summed E-state index contributed by atoms with van der Waals surface area (Å²) in [5, 5.41) is 0. The first-order valence-corrected chi connectivity index (χ1v) is 6.66. The molecule has 2 rings (SSSR count). The van der Waals surface area contributed by atoms with Crippen LogP contribution in [0.1, 0.15) is 37.8 Å². The topological polar surface area (TPSA) is 64.9 Å². The minimum Gasteiger partial charge on any atom is -0.439 e. The minimum absolute atomic E-state index is 0.666. The second-order valence-electron chi connectivity index (χ2n) is 4.77. The van der Waals surface area contributed by atoms with E-state index in [9.17, 15) is 0 Å². The van der Waals surface area contributed by atoms with Gasteiger partial charge >= 0.3 is 0 Å². The number of pyridine rings is 1. The Kier molecular flexibility index (Phi) is 4.31. The molecule has 1 unspecified atom stereocenters. The van der Waals surface area contributed by atoms with Gasteiger partial charge in [0.25, 0.3) is 0 Å². The summed E-state index contributed by atoms with van der Waals surface area (Å²) < 4.78 is 5.69. The second kappa shape index (κ2) is 5.96. The molecule has 0 aromatic carbocycles. The lowest BCUT2D eigenvalue weighted by Crippen LogP contribution is -2.09. The predicted molar refractivity (Wildman–Crippen MR) is 72.3 cm³/mol. The summed E-state index contributed by atoms with van der Waals surface area (Å²) in [5.41, 5.74) is 8.07. The third-order valence-corrected chi connectivity index (χ3v) is 3.36. The molecule has 0 radical (unpaired) electrons. The average Bonchev–Trinajstić information content (AvgIpc) is 2.76. The minimum atomic E-state index is 0.666. The molecule has 4 nitrogen and oxygen atoms in total. The first kappa shape index (κ1) is 13.0. The quantitative estimate of drug-likeness (QED) is 0.852. The molecule has 2 N–H and O–H groups in total. The fraction of sp³-hybridized carbons (Fsp3) is 0.571. The first-order chi connectivity index (χ1) is 8.72. The molecule has 0 spiro atoms. The Bertz CT molecular complexity index is 507. The van der Waals surface area contributed by atoms with Crippen molar-refractivity contribution < 1.29 is 4.42 Å². The Hall–Kier alpha value is -1.42. The lowest BCUT2D eigenvalue weighted by molar-refractivity contribution is 0.415. The van der Waals surface area contributed by atoms with Crippen LogP contribution in [0.4, 0.5) is 0 Å². The van der Waals surface area contributed by atoms with Gasteiger partial charge < -0.3 is 10.2 Å². The SMILES string of the molecule is CCC(CCN)CCc1nc2nc(C)ccc2o1. The summed E-state index contributed by atoms with van der Waals surface area (Å²) in [6, 6.07) is 3.88. The molecular weight excluding hydrogens is 226 g/mol. The maximum Gasteiger partial charge on any atom is 0.199 e. The van der Waals surface area contributed by atoms with Gasteiger partial charge in [-0.3, -0.25) is 0 Å². The molecule has 0 saturated carbocycles. The van der Waals surface area contributed by atoms with E-state index in [4.69, 9.17) is 10.2 Å². The number of aryl methyl sites for hydroxylation is 2. The van der Waals surface area contributed by atoms with Crippen LogP contribution in [0.15, 0.2) is 16.5 Å². The molecule has 0 aliphatic heterocycles. The number of hydrogen-bond acceptors (Lipinski definition) is 4. The zero-order valence-corrected chi connectivity index (χ0v) is 11.1. The van der Waals surface area contributed by atoms with Gasteiger partial charge in [0.2, 0.25) is 0 Å². The smallest absolute Gasteiger partial charge is 0.199 e. The molecule has 4 heteroatoms. The highest BCUT2D eigenvalue weighted by atomic mass is 16.3. The molecule has 0 bridgehead atoms. The monoisotopic (exact) mass is 247 g/mol. The number of rotatable bonds is 6. The molecule has 98 valence electrons. The number of nitrogens with zero attached hydrogens (tertiary/aromatic N) is 2. The van der Waals surface area contributed by atoms with Crippen molar-refractivity contribution in [2.75, 3.05) is 6.54 Å². The van der Waals surface area contributed by atoms with Gasteiger partial charge in [0.1, 0.15) is 0 Å². The highest BCUT2D eigenvalue weighted by Crippen LogP contribution is 2.19. The van der Waals surface area contributed by atoms with Crippen molar-refractivity contribution in [1.29, 1.82) is 0 Å². The molecule has 1 atom stereocenters. The summed E-state index contributed by atoms with van der Waals surface area (Å²) >= 11 is 0. The van der Waals surface area contributed by atoms with E-state index in [1.54, 1.807) is 0 Å². The normalized spacial score (nSPS) is 13.1. The van der Waals surface area contributed by atoms with Gasteiger partial charge in [0, 0.05) is 12.1 Å². The molecule has 2 aromatic rings. The van der Waals surface area contributed by atoms with E-state index < -0.39 is 0 Å². The Balaban J connectivity index is 2.03. The van der Waals surface area contributed by atoms with E-state index in [2.05, 4.69) is 16.9 Å². The van der Waals surface area contributed by atoms with Gasteiger partial charge in [-0.2, -0.15) is 4.98 Å². The lowest BCUT2D eigenvalue weighted by atomic mass is 9.97. The van der Waals surface area contributed by atoms with E-state index in [1.807, 2.05) is 19.1 Å². The largest absolute Gasteiger partial charge is 0.439 e. The fourth-order valence-corrected chi connectivity index (χ4v) is 2.18. The Morgan fingerprint density at radius 1 is 1.28 bits per heavy atom. The summed E-state index contributed by atoms with van der Waals surface area (Å²) in [5.74, 6) is 1.46. The fourth-order valence-electron chi connectivity index (χ4n) is 2.18. The zero-order chi connectivity index (χ0) is 13.0. The summed E-state index contributed by atoms with van der Waals surface area (Å²) in [6.07, 6.45) is 4.19. The van der Waals surface area contributed by atoms with Crippen molar-refractivity contribution in [3.63, 3.8) is 0 Å². The van der Waals surface area contributed by atoms with Crippen LogP contribution >= 0.6 is 0 Å². The molecule has 0 amide bonds. The van der Waals surface area contributed by atoms with Crippen LogP contribution in [0.25, 0.3) is 11.2 Å². The third kappa shape index (κ3) is 3.07. The number of fused-ring (bicyclic) bond motifs is 1. The van der Waals surface area contributed by atoms with Gasteiger partial charge in [-0.25, -0.2) is 4.98 Å². The van der Waals surface area contributed by atoms with E-state index >= 15 is 0 Å². The summed E-state index contributed by atoms with van der Waals surface area (Å²) in [7, 11) is 0. The summed E-state index contributed by atoms with van der Waals surface area (Å²) in [4.78, 5) is 8.79. The van der Waals surface area contributed by atoms with Crippen LogP contribution in [0.2, 0.25) is 0 Å². The van der Waals surface area contributed by atoms with Crippen LogP contribution in [-0.2, 0) is 6.42 Å². The molecule has 2 heterocycles. The van der Waals surface area contributed by atoms with Crippen LogP contribution in [-0.4, -0.2) is 16.5 Å². The predicted octanol–water partition coefficient (Wildman–Crippen LogP) is 2.84. The highest BCUT2D eigenvalue weighted by molar-refractivity contribution is 5.67. The first-order valence-electron chi connectivity index (χ1n) is 6.66. The van der Waals surface area contributed by atoms with Crippen molar-refractivity contribution in [2.45, 2.75) is 39.5 Å². The van der Waals surface area contributed by atoms with Crippen molar-refractivity contribution >= 4 is 11.2 Å². The van der Waals surface area contributed by atoms with Crippen LogP contribution in [0, 0.1) is 12.8 Å². The van der Waals surface area contributed by atoms with Crippen molar-refractivity contribution in [1.82, 2.24) is 9.97 Å². The van der Waals surface area contributed by atoms with Crippen LogP contribution in [0.3, 0.4) is 0 Å². The van der Waals surface area contributed by atoms with Crippen molar-refractivity contribution in [3.8, 4) is 0 Å². The summed E-state index contributed by atoms with van der Waals surface area (Å²) in [6.45, 7) is 4.92. The second-order valence-corrected chi connectivity index (χ2v) is 4.77. The number of oxazole rings is 1. The van der Waals surface area contributed by atoms with E-state index in [0.29, 0.717) is 5.92 Å². The van der Waals surface area contributed by atoms with Crippen LogP contribution in [0.5, 0.6) is 0 Å². The zero-order valence-electron chi connectivity index (χ0n) is 11.1. The molecule has 18 heavy (non-hydrogen) atoms. The standard InChI is InChI=1S/C14H21N3O/c1-3-11(8-9-15)5-7-13-17-14-12(18-13)6-4-10(2)16-14/h4,6,11H,3,5,7-9,15H2,1-2H3. The van der Waals surface area contributed by atoms with E-state index in [-0.39, 0.29) is 0 Å². The molecular formula is C14H21N3O. The molecule has 0 saturated heterocycles. The van der Waals surface area contributed by atoms with Gasteiger partial charge in [-0.05, 0) is 44.4 Å². The van der Waals surface area contributed by atoms with E-state index in [0.717, 1.165) is 55.0 Å². The maximum atomic E-state index is 5.69. The van der Waals surface area contributed by atoms with Crippen molar-refractivity contribution in [3.05, 3.63) is 23.7 Å². The third-order valence-electron chi connectivity index (χ3n) is 3.36. The van der Waals surface area contributed by atoms with Gasteiger partial charge in [0.05, 0.1) is 0 Å². The Labute approximate surface area is 108 Å². The molecule has 0 fully saturated rings. The van der Waals surface area contributed by atoms with Crippen molar-refractivity contribution in [2.24, 2.45) is 11.7 Å².